The van der Waals surface area contributed by atoms with Crippen LogP contribution < -0.4 is 10.6 Å². The lowest BCUT2D eigenvalue weighted by atomic mass is 10.2. The van der Waals surface area contributed by atoms with Gasteiger partial charge in [-0.3, -0.25) is 9.59 Å². The molecule has 1 aliphatic rings. The Kier molecular flexibility index (Phi) is 4.33. The van der Waals surface area contributed by atoms with Crippen molar-refractivity contribution < 1.29 is 14.3 Å². The van der Waals surface area contributed by atoms with Crippen LogP contribution in [-0.4, -0.2) is 31.5 Å². The Bertz CT molecular complexity index is 415. The van der Waals surface area contributed by atoms with Gasteiger partial charge in [0.2, 0.25) is 0 Å². The average Bonchev–Trinajstić information content (AvgIpc) is 3.02. The smallest absolute Gasteiger partial charge is 0.309 e. The maximum Gasteiger partial charge on any atom is 0.309 e. The molecular weight excluding hydrogens is 252 g/mol. The lowest BCUT2D eigenvalue weighted by Crippen LogP contribution is -2.42. The zero-order chi connectivity index (χ0) is 13.0. The van der Waals surface area contributed by atoms with E-state index in [9.17, 15) is 9.59 Å². The van der Waals surface area contributed by atoms with Crippen molar-refractivity contribution in [3.8, 4) is 0 Å². The molecule has 98 valence electrons. The summed E-state index contributed by atoms with van der Waals surface area (Å²) in [5.41, 5.74) is 1.01. The number of thiophene rings is 1. The number of ether oxygens (including phenoxy) is 1. The first-order valence-corrected chi connectivity index (χ1v) is 6.78. The van der Waals surface area contributed by atoms with Gasteiger partial charge in [0.25, 0.3) is 0 Å². The molecule has 1 aromatic heterocycles. The third-order valence-electron chi connectivity index (χ3n) is 2.77. The molecule has 1 unspecified atom stereocenters. The molecule has 1 aromatic rings. The Balaban J connectivity index is 1.78. The summed E-state index contributed by atoms with van der Waals surface area (Å²) in [6.45, 7) is 0.296. The second kappa shape index (κ2) is 5.97. The van der Waals surface area contributed by atoms with Crippen molar-refractivity contribution in [2.24, 2.45) is 0 Å². The van der Waals surface area contributed by atoms with E-state index in [0.29, 0.717) is 6.54 Å². The highest BCUT2D eigenvalue weighted by atomic mass is 32.1. The van der Waals surface area contributed by atoms with Crippen molar-refractivity contribution in [1.29, 1.82) is 0 Å². The van der Waals surface area contributed by atoms with Crippen LogP contribution in [0.25, 0.3) is 0 Å². The van der Waals surface area contributed by atoms with Crippen LogP contribution in [0.4, 0.5) is 0 Å². The molecule has 1 atom stereocenters. The Morgan fingerprint density at radius 2 is 2.28 bits per heavy atom. The first kappa shape index (κ1) is 13.0. The van der Waals surface area contributed by atoms with Crippen molar-refractivity contribution in [3.63, 3.8) is 0 Å². The fourth-order valence-electron chi connectivity index (χ4n) is 1.54. The van der Waals surface area contributed by atoms with E-state index in [1.807, 2.05) is 16.8 Å². The fraction of sp³-hybridized carbons (Fsp3) is 0.500. The van der Waals surface area contributed by atoms with Crippen LogP contribution in [0.1, 0.15) is 24.5 Å². The fourth-order valence-corrected chi connectivity index (χ4v) is 2.24. The number of hydrogen-bond acceptors (Lipinski definition) is 4. The summed E-state index contributed by atoms with van der Waals surface area (Å²) >= 11 is 1.57. The van der Waals surface area contributed by atoms with Gasteiger partial charge in [-0.15, -0.1) is 0 Å². The summed E-state index contributed by atoms with van der Waals surface area (Å²) in [5.74, 6) is -1.16. The molecule has 1 saturated carbocycles. The predicted octanol–water partition coefficient (Wildman–Crippen LogP) is 0.830. The second-order valence-electron chi connectivity index (χ2n) is 4.24. The molecule has 1 aliphatic carbocycles. The van der Waals surface area contributed by atoms with E-state index in [-0.39, 0.29) is 12.1 Å². The molecule has 1 heterocycles. The molecular formula is C12H16N2O3S. The molecule has 0 saturated heterocycles. The molecule has 0 aromatic carbocycles. The monoisotopic (exact) mass is 268 g/mol. The van der Waals surface area contributed by atoms with E-state index in [4.69, 9.17) is 4.74 Å². The number of carbonyl (C=O) groups is 2. The van der Waals surface area contributed by atoms with Gasteiger partial charge in [0.15, 0.2) is 0 Å². The molecule has 2 amide bonds. The van der Waals surface area contributed by atoms with Crippen LogP contribution >= 0.6 is 11.3 Å². The quantitative estimate of drug-likeness (QED) is 0.777. The van der Waals surface area contributed by atoms with Gasteiger partial charge in [-0.2, -0.15) is 11.3 Å². The maximum absolute atomic E-state index is 11.5. The summed E-state index contributed by atoms with van der Waals surface area (Å²) in [7, 11) is 1.58. The average molecular weight is 268 g/mol. The molecule has 2 N–H and O–H groups in total. The summed E-state index contributed by atoms with van der Waals surface area (Å²) < 4.78 is 5.28. The molecule has 0 radical (unpaired) electrons. The predicted molar refractivity (Wildman–Crippen MR) is 68.2 cm³/mol. The molecule has 6 heteroatoms. The lowest BCUT2D eigenvalue weighted by Gasteiger charge is -2.14. The van der Waals surface area contributed by atoms with Gasteiger partial charge >= 0.3 is 11.8 Å². The van der Waals surface area contributed by atoms with Crippen LogP contribution in [0.3, 0.4) is 0 Å². The van der Waals surface area contributed by atoms with E-state index >= 15 is 0 Å². The largest absolute Gasteiger partial charge is 0.375 e. The van der Waals surface area contributed by atoms with Crippen LogP contribution in [0.5, 0.6) is 0 Å². The lowest BCUT2D eigenvalue weighted by molar-refractivity contribution is -0.139. The van der Waals surface area contributed by atoms with Crippen molar-refractivity contribution in [3.05, 3.63) is 22.4 Å². The topological polar surface area (TPSA) is 67.4 Å². The second-order valence-corrected chi connectivity index (χ2v) is 5.02. The van der Waals surface area contributed by atoms with Crippen molar-refractivity contribution >= 4 is 23.2 Å². The van der Waals surface area contributed by atoms with Crippen LogP contribution in [-0.2, 0) is 14.3 Å². The minimum absolute atomic E-state index is 0.193. The van der Waals surface area contributed by atoms with E-state index in [2.05, 4.69) is 10.6 Å². The number of nitrogens with one attached hydrogen (secondary N) is 2. The zero-order valence-electron chi connectivity index (χ0n) is 10.1. The number of rotatable bonds is 5. The highest BCUT2D eigenvalue weighted by Crippen LogP contribution is 2.19. The van der Waals surface area contributed by atoms with Crippen molar-refractivity contribution in [2.45, 2.75) is 25.0 Å². The van der Waals surface area contributed by atoms with Crippen LogP contribution in [0.2, 0.25) is 0 Å². The first-order chi connectivity index (χ1) is 8.70. The summed E-state index contributed by atoms with van der Waals surface area (Å²) in [6.07, 6.45) is 1.72. The third kappa shape index (κ3) is 3.54. The van der Waals surface area contributed by atoms with Gasteiger partial charge < -0.3 is 15.4 Å². The van der Waals surface area contributed by atoms with Gasteiger partial charge in [0.05, 0.1) is 0 Å². The molecule has 2 rings (SSSR count). The molecule has 5 nitrogen and oxygen atoms in total. The summed E-state index contributed by atoms with van der Waals surface area (Å²) in [6, 6.07) is 2.13. The summed E-state index contributed by atoms with van der Waals surface area (Å²) in [5, 5.41) is 9.13. The Hall–Kier alpha value is -1.40. The van der Waals surface area contributed by atoms with Gasteiger partial charge in [-0.25, -0.2) is 0 Å². The molecule has 0 spiro atoms. The van der Waals surface area contributed by atoms with Crippen molar-refractivity contribution in [2.75, 3.05) is 13.7 Å². The molecule has 0 bridgehead atoms. The van der Waals surface area contributed by atoms with Gasteiger partial charge in [-0.05, 0) is 35.2 Å². The minimum atomic E-state index is -0.598. The van der Waals surface area contributed by atoms with E-state index in [1.165, 1.54) is 0 Å². The van der Waals surface area contributed by atoms with E-state index < -0.39 is 11.8 Å². The number of carbonyl (C=O) groups excluding carboxylic acids is 2. The van der Waals surface area contributed by atoms with Crippen LogP contribution in [0, 0.1) is 0 Å². The van der Waals surface area contributed by atoms with Crippen molar-refractivity contribution in [1.82, 2.24) is 10.6 Å². The van der Waals surface area contributed by atoms with Gasteiger partial charge in [0, 0.05) is 19.7 Å². The number of amides is 2. The van der Waals surface area contributed by atoms with E-state index in [1.54, 1.807) is 18.4 Å². The Morgan fingerprint density at radius 1 is 1.50 bits per heavy atom. The first-order valence-electron chi connectivity index (χ1n) is 5.84. The SMILES string of the molecule is COC(CNC(=O)C(=O)NC1CC1)c1ccsc1. The Morgan fingerprint density at radius 3 is 2.83 bits per heavy atom. The zero-order valence-corrected chi connectivity index (χ0v) is 11.0. The minimum Gasteiger partial charge on any atom is -0.375 e. The van der Waals surface area contributed by atoms with Gasteiger partial charge in [0.1, 0.15) is 6.10 Å². The Labute approximate surface area is 110 Å². The third-order valence-corrected chi connectivity index (χ3v) is 3.47. The number of hydrogen-bond donors (Lipinski definition) is 2. The highest BCUT2D eigenvalue weighted by Gasteiger charge is 2.26. The maximum atomic E-state index is 11.5. The molecule has 1 fully saturated rings. The highest BCUT2D eigenvalue weighted by molar-refractivity contribution is 7.07. The van der Waals surface area contributed by atoms with E-state index in [0.717, 1.165) is 18.4 Å². The van der Waals surface area contributed by atoms with Crippen LogP contribution in [0.15, 0.2) is 16.8 Å². The standard InChI is InChI=1S/C12H16N2O3S/c1-17-10(8-4-5-18-7-8)6-13-11(15)12(16)14-9-2-3-9/h4-5,7,9-10H,2-3,6H2,1H3,(H,13,15)(H,14,16). The normalized spacial score (nSPS) is 16.1. The molecule has 0 aliphatic heterocycles. The summed E-state index contributed by atoms with van der Waals surface area (Å²) in [4.78, 5) is 22.9. The number of methoxy groups -OCH3 is 1. The molecule has 18 heavy (non-hydrogen) atoms. The van der Waals surface area contributed by atoms with Gasteiger partial charge in [-0.1, -0.05) is 0 Å².